The maximum Gasteiger partial charge on any atom is 0.128 e. The lowest BCUT2D eigenvalue weighted by molar-refractivity contribution is 0.0174. The second-order valence-electron chi connectivity index (χ2n) is 6.76. The fourth-order valence-corrected chi connectivity index (χ4v) is 4.02. The normalized spacial score (nSPS) is 14.7. The molecule has 0 N–H and O–H groups in total. The predicted molar refractivity (Wildman–Crippen MR) is 113 cm³/mol. The molecule has 0 atom stereocenters. The number of nitrogens with zero attached hydrogens (tertiary/aromatic N) is 1. The number of benzene rings is 2. The van der Waals surface area contributed by atoms with E-state index in [0.29, 0.717) is 27.4 Å². The van der Waals surface area contributed by atoms with Gasteiger partial charge in [0.15, 0.2) is 0 Å². The summed E-state index contributed by atoms with van der Waals surface area (Å²) in [6.07, 6.45) is 5.41. The van der Waals surface area contributed by atoms with Gasteiger partial charge in [-0.25, -0.2) is 0 Å². The summed E-state index contributed by atoms with van der Waals surface area (Å²) in [5.74, 6) is 0.716. The Morgan fingerprint density at radius 3 is 2.61 bits per heavy atom. The largest absolute Gasteiger partial charge is 0.496 e. The highest BCUT2D eigenvalue weighted by atomic mass is 35.5. The van der Waals surface area contributed by atoms with Crippen LogP contribution in [0.5, 0.6) is 5.75 Å². The number of rotatable bonds is 6. The van der Waals surface area contributed by atoms with Crippen LogP contribution in [-0.4, -0.2) is 12.1 Å². The van der Waals surface area contributed by atoms with Crippen molar-refractivity contribution in [3.8, 4) is 16.9 Å². The van der Waals surface area contributed by atoms with E-state index in [2.05, 4.69) is 4.98 Å². The third-order valence-corrected chi connectivity index (χ3v) is 5.91. The van der Waals surface area contributed by atoms with Crippen molar-refractivity contribution in [3.63, 3.8) is 0 Å². The third kappa shape index (κ3) is 3.72. The van der Waals surface area contributed by atoms with Crippen molar-refractivity contribution in [1.82, 2.24) is 4.98 Å². The summed E-state index contributed by atoms with van der Waals surface area (Å²) in [6.45, 7) is 0.368. The summed E-state index contributed by atoms with van der Waals surface area (Å²) in [5, 5.41) is 1.90. The summed E-state index contributed by atoms with van der Waals surface area (Å²) in [5.41, 5.74) is 3.26. The molecule has 6 heteroatoms. The first-order valence-corrected chi connectivity index (χ1v) is 10.0. The van der Waals surface area contributed by atoms with E-state index in [-0.39, 0.29) is 0 Å². The Kier molecular flexibility index (Phi) is 5.52. The SMILES string of the molecule is COc1cccc(Cl)c1-c1ccncc1C1(OCc2cc(Cl)ccc2Cl)CC1. The van der Waals surface area contributed by atoms with Gasteiger partial charge in [-0.1, -0.05) is 40.9 Å². The van der Waals surface area contributed by atoms with E-state index in [0.717, 1.165) is 35.1 Å². The fraction of sp³-hybridized carbons (Fsp3) is 0.227. The van der Waals surface area contributed by atoms with Crippen LogP contribution in [0.2, 0.25) is 15.1 Å². The van der Waals surface area contributed by atoms with Crippen LogP contribution in [0.25, 0.3) is 11.1 Å². The number of methoxy groups -OCH3 is 1. The molecule has 1 fully saturated rings. The van der Waals surface area contributed by atoms with Crippen molar-refractivity contribution in [1.29, 1.82) is 0 Å². The summed E-state index contributed by atoms with van der Waals surface area (Å²) >= 11 is 18.9. The third-order valence-electron chi connectivity index (χ3n) is 4.99. The Morgan fingerprint density at radius 1 is 1.04 bits per heavy atom. The van der Waals surface area contributed by atoms with Crippen LogP contribution < -0.4 is 4.74 Å². The molecule has 28 heavy (non-hydrogen) atoms. The Hall–Kier alpha value is -1.78. The quantitative estimate of drug-likeness (QED) is 0.422. The molecule has 3 nitrogen and oxygen atoms in total. The summed E-state index contributed by atoms with van der Waals surface area (Å²) in [4.78, 5) is 4.34. The average Bonchev–Trinajstić information content (AvgIpc) is 3.49. The van der Waals surface area contributed by atoms with Gasteiger partial charge in [0.1, 0.15) is 5.75 Å². The molecule has 2 aromatic carbocycles. The van der Waals surface area contributed by atoms with Crippen molar-refractivity contribution >= 4 is 34.8 Å². The van der Waals surface area contributed by atoms with E-state index in [1.54, 1.807) is 25.4 Å². The molecule has 0 radical (unpaired) electrons. The number of hydrogen-bond acceptors (Lipinski definition) is 3. The highest BCUT2D eigenvalue weighted by Crippen LogP contribution is 2.54. The lowest BCUT2D eigenvalue weighted by Gasteiger charge is -2.22. The van der Waals surface area contributed by atoms with E-state index in [4.69, 9.17) is 44.3 Å². The fourth-order valence-electron chi connectivity index (χ4n) is 3.39. The number of aromatic nitrogens is 1. The van der Waals surface area contributed by atoms with Crippen LogP contribution in [0.4, 0.5) is 0 Å². The van der Waals surface area contributed by atoms with Crippen molar-refractivity contribution in [2.75, 3.05) is 7.11 Å². The number of hydrogen-bond donors (Lipinski definition) is 0. The van der Waals surface area contributed by atoms with Crippen LogP contribution in [0.15, 0.2) is 54.9 Å². The molecule has 3 aromatic rings. The number of ether oxygens (including phenoxy) is 2. The molecule has 0 amide bonds. The van der Waals surface area contributed by atoms with Crippen LogP contribution in [0, 0.1) is 0 Å². The van der Waals surface area contributed by atoms with Crippen LogP contribution in [0.1, 0.15) is 24.0 Å². The van der Waals surface area contributed by atoms with Gasteiger partial charge in [-0.3, -0.25) is 4.98 Å². The lowest BCUT2D eigenvalue weighted by atomic mass is 9.96. The first-order chi connectivity index (χ1) is 13.5. The first kappa shape index (κ1) is 19.5. The van der Waals surface area contributed by atoms with Crippen molar-refractivity contribution in [2.24, 2.45) is 0 Å². The second-order valence-corrected chi connectivity index (χ2v) is 8.01. The minimum absolute atomic E-state index is 0.368. The molecule has 1 saturated carbocycles. The molecule has 1 aliphatic rings. The predicted octanol–water partition coefficient (Wildman–Crippen LogP) is 6.92. The topological polar surface area (TPSA) is 31.4 Å². The Bertz CT molecular complexity index is 1020. The zero-order valence-corrected chi connectivity index (χ0v) is 17.5. The standard InChI is InChI=1S/C22H18Cl3NO2/c1-27-20-4-2-3-19(25)21(20)16-7-10-26-12-17(16)22(8-9-22)28-13-14-11-15(23)5-6-18(14)24/h2-7,10-12H,8-9,13H2,1H3. The minimum Gasteiger partial charge on any atom is -0.496 e. The van der Waals surface area contributed by atoms with Gasteiger partial charge in [-0.15, -0.1) is 0 Å². The molecular weight excluding hydrogens is 417 g/mol. The minimum atomic E-state index is -0.417. The highest BCUT2D eigenvalue weighted by Gasteiger charge is 2.48. The van der Waals surface area contributed by atoms with Gasteiger partial charge in [0, 0.05) is 33.6 Å². The molecule has 1 heterocycles. The van der Waals surface area contributed by atoms with Crippen molar-refractivity contribution < 1.29 is 9.47 Å². The van der Waals surface area contributed by atoms with E-state index in [1.807, 2.05) is 36.5 Å². The van der Waals surface area contributed by atoms with Gasteiger partial charge >= 0.3 is 0 Å². The average molecular weight is 435 g/mol. The Morgan fingerprint density at radius 2 is 1.86 bits per heavy atom. The van der Waals surface area contributed by atoms with Crippen molar-refractivity contribution in [2.45, 2.75) is 25.0 Å². The summed E-state index contributed by atoms with van der Waals surface area (Å²) in [7, 11) is 1.64. The maximum absolute atomic E-state index is 6.52. The highest BCUT2D eigenvalue weighted by molar-refractivity contribution is 6.34. The molecular formula is C22H18Cl3NO2. The molecule has 0 unspecified atom stereocenters. The van der Waals surface area contributed by atoms with Gasteiger partial charge in [0.25, 0.3) is 0 Å². The van der Waals surface area contributed by atoms with Gasteiger partial charge in [-0.05, 0) is 60.4 Å². The number of pyridine rings is 1. The molecule has 0 spiro atoms. The van der Waals surface area contributed by atoms with Crippen LogP contribution in [0.3, 0.4) is 0 Å². The molecule has 144 valence electrons. The molecule has 1 aliphatic carbocycles. The van der Waals surface area contributed by atoms with Crippen LogP contribution in [-0.2, 0) is 16.9 Å². The molecule has 0 bridgehead atoms. The summed E-state index contributed by atoms with van der Waals surface area (Å²) < 4.78 is 11.9. The first-order valence-electron chi connectivity index (χ1n) is 8.89. The van der Waals surface area contributed by atoms with E-state index >= 15 is 0 Å². The smallest absolute Gasteiger partial charge is 0.128 e. The Balaban J connectivity index is 1.70. The van der Waals surface area contributed by atoms with E-state index in [9.17, 15) is 0 Å². The summed E-state index contributed by atoms with van der Waals surface area (Å²) in [6, 6.07) is 13.0. The van der Waals surface area contributed by atoms with Gasteiger partial charge in [0.05, 0.1) is 24.3 Å². The lowest BCUT2D eigenvalue weighted by Crippen LogP contribution is -2.14. The molecule has 4 rings (SSSR count). The van der Waals surface area contributed by atoms with Gasteiger partial charge in [0.2, 0.25) is 0 Å². The number of halogens is 3. The maximum atomic E-state index is 6.52. The van der Waals surface area contributed by atoms with Gasteiger partial charge in [-0.2, -0.15) is 0 Å². The molecule has 0 aliphatic heterocycles. The monoisotopic (exact) mass is 433 g/mol. The molecule has 0 saturated heterocycles. The molecule has 1 aromatic heterocycles. The zero-order valence-electron chi connectivity index (χ0n) is 15.2. The van der Waals surface area contributed by atoms with E-state index < -0.39 is 5.60 Å². The van der Waals surface area contributed by atoms with Crippen molar-refractivity contribution in [3.05, 3.63) is 81.1 Å². The van der Waals surface area contributed by atoms with E-state index in [1.165, 1.54) is 0 Å². The van der Waals surface area contributed by atoms with Crippen LogP contribution >= 0.6 is 34.8 Å². The Labute approximate surface area is 179 Å². The van der Waals surface area contributed by atoms with Gasteiger partial charge < -0.3 is 9.47 Å². The zero-order chi connectivity index (χ0) is 19.7. The second kappa shape index (κ2) is 7.92.